The molecule has 3 N–H and O–H groups in total. The van der Waals surface area contributed by atoms with Gasteiger partial charge in [0.05, 0.1) is 26.4 Å². The summed E-state index contributed by atoms with van der Waals surface area (Å²) in [6, 6.07) is 0. The van der Waals surface area contributed by atoms with E-state index in [0.29, 0.717) is 25.7 Å². The fourth-order valence-corrected chi connectivity index (χ4v) is 14.4. The molecule has 0 radical (unpaired) electrons. The predicted octanol–water partition coefficient (Wildman–Crippen LogP) is 25.1. The number of aliphatic hydroxyl groups excluding tert-OH is 1. The van der Waals surface area contributed by atoms with Crippen LogP contribution in [-0.4, -0.2) is 96.7 Å². The third kappa shape index (κ3) is 74.9. The minimum atomic E-state index is -4.96. The summed E-state index contributed by atoms with van der Waals surface area (Å²) in [6.45, 7) is 9.66. The monoisotopic (exact) mass is 1490 g/mol. The molecule has 0 bridgehead atoms. The maximum atomic E-state index is 13.1. The van der Waals surface area contributed by atoms with E-state index in [4.69, 9.17) is 37.0 Å². The molecule has 0 aromatic carbocycles. The van der Waals surface area contributed by atoms with E-state index in [2.05, 4.69) is 41.5 Å². The summed E-state index contributed by atoms with van der Waals surface area (Å²) in [4.78, 5) is 73.1. The van der Waals surface area contributed by atoms with E-state index in [1.165, 1.54) is 257 Å². The number of carbonyl (C=O) groups is 4. The van der Waals surface area contributed by atoms with Crippen molar-refractivity contribution in [2.75, 3.05) is 39.6 Å². The Morgan fingerprint density at radius 2 is 0.500 bits per heavy atom. The van der Waals surface area contributed by atoms with Crippen molar-refractivity contribution in [3.63, 3.8) is 0 Å². The number of unbranched alkanes of at least 4 members (excludes halogenated alkanes) is 51. The molecule has 0 saturated carbocycles. The third-order valence-corrected chi connectivity index (χ3v) is 21.7. The molecule has 0 aliphatic carbocycles. The first kappa shape index (κ1) is 100. The zero-order valence-corrected chi connectivity index (χ0v) is 68.7. The topological polar surface area (TPSA) is 237 Å². The highest BCUT2D eigenvalue weighted by molar-refractivity contribution is 7.47. The molecule has 19 heteroatoms. The van der Waals surface area contributed by atoms with E-state index in [1.807, 2.05) is 0 Å². The lowest BCUT2D eigenvalue weighted by Crippen LogP contribution is -2.30. The Morgan fingerprint density at radius 1 is 0.284 bits per heavy atom. The Labute approximate surface area is 626 Å². The van der Waals surface area contributed by atoms with E-state index in [0.717, 1.165) is 102 Å². The normalized spacial score (nSPS) is 14.1. The van der Waals surface area contributed by atoms with Crippen molar-refractivity contribution < 1.29 is 80.2 Å². The van der Waals surface area contributed by atoms with Gasteiger partial charge in [-0.25, -0.2) is 9.13 Å². The van der Waals surface area contributed by atoms with Crippen molar-refractivity contribution >= 4 is 39.5 Å². The fraction of sp³-hybridized carbons (Fsp3) is 0.952. The molecule has 102 heavy (non-hydrogen) atoms. The average Bonchev–Trinajstić information content (AvgIpc) is 0.916. The maximum Gasteiger partial charge on any atom is 0.472 e. The summed E-state index contributed by atoms with van der Waals surface area (Å²) < 4.78 is 68.8. The first-order chi connectivity index (χ1) is 49.4. The van der Waals surface area contributed by atoms with Crippen LogP contribution < -0.4 is 0 Å². The molecule has 3 unspecified atom stereocenters. The van der Waals surface area contributed by atoms with E-state index >= 15 is 0 Å². The smallest absolute Gasteiger partial charge is 0.462 e. The number of carbonyl (C=O) groups excluding carboxylic acids is 4. The minimum Gasteiger partial charge on any atom is -0.462 e. The van der Waals surface area contributed by atoms with Gasteiger partial charge in [0.15, 0.2) is 12.2 Å². The van der Waals surface area contributed by atoms with Crippen LogP contribution in [0.4, 0.5) is 0 Å². The number of rotatable bonds is 82. The van der Waals surface area contributed by atoms with Crippen LogP contribution in [0.2, 0.25) is 0 Å². The van der Waals surface area contributed by atoms with E-state index < -0.39 is 97.5 Å². The molecular weight excluding hydrogens is 1330 g/mol. The quantitative estimate of drug-likeness (QED) is 0.0222. The molecule has 0 saturated heterocycles. The molecule has 606 valence electrons. The summed E-state index contributed by atoms with van der Waals surface area (Å²) in [5.41, 5.74) is 0. The van der Waals surface area contributed by atoms with Gasteiger partial charge < -0.3 is 33.8 Å². The molecule has 0 aromatic rings. The minimum absolute atomic E-state index is 0.106. The largest absolute Gasteiger partial charge is 0.472 e. The van der Waals surface area contributed by atoms with Gasteiger partial charge >= 0.3 is 39.5 Å². The Morgan fingerprint density at radius 3 is 0.745 bits per heavy atom. The zero-order chi connectivity index (χ0) is 74.9. The molecule has 0 spiro atoms. The molecule has 0 fully saturated rings. The van der Waals surface area contributed by atoms with E-state index in [9.17, 15) is 43.2 Å². The number of aliphatic hydroxyl groups is 1. The van der Waals surface area contributed by atoms with Gasteiger partial charge in [-0.2, -0.15) is 0 Å². The van der Waals surface area contributed by atoms with Gasteiger partial charge in [0.25, 0.3) is 0 Å². The molecule has 0 aromatic heterocycles. The van der Waals surface area contributed by atoms with Crippen molar-refractivity contribution in [1.29, 1.82) is 0 Å². The van der Waals surface area contributed by atoms with Gasteiger partial charge in [0.2, 0.25) is 0 Å². The van der Waals surface area contributed by atoms with Gasteiger partial charge in [-0.15, -0.1) is 0 Å². The molecular formula is C83H162O17P2. The van der Waals surface area contributed by atoms with Crippen LogP contribution in [0.15, 0.2) is 0 Å². The first-order valence-corrected chi connectivity index (χ1v) is 46.0. The lowest BCUT2D eigenvalue weighted by molar-refractivity contribution is -0.161. The third-order valence-electron chi connectivity index (χ3n) is 19.8. The lowest BCUT2D eigenvalue weighted by Gasteiger charge is -2.21. The summed E-state index contributed by atoms with van der Waals surface area (Å²) in [5.74, 6) is -0.539. The summed E-state index contributed by atoms with van der Waals surface area (Å²) >= 11 is 0. The highest BCUT2D eigenvalue weighted by atomic mass is 31.2. The van der Waals surface area contributed by atoms with Gasteiger partial charge in [0.1, 0.15) is 19.3 Å². The molecule has 0 aliphatic rings. The van der Waals surface area contributed by atoms with Crippen LogP contribution in [-0.2, 0) is 65.4 Å². The van der Waals surface area contributed by atoms with Crippen LogP contribution in [0.1, 0.15) is 440 Å². The number of ether oxygens (including phenoxy) is 4. The Balaban J connectivity index is 5.22. The second-order valence-electron chi connectivity index (χ2n) is 30.6. The van der Waals surface area contributed by atoms with Gasteiger partial charge in [-0.05, 0) is 37.5 Å². The molecule has 0 aliphatic heterocycles. The van der Waals surface area contributed by atoms with Crippen molar-refractivity contribution in [2.24, 2.45) is 11.8 Å². The average molecular weight is 1490 g/mol. The number of phosphoric acid groups is 2. The van der Waals surface area contributed by atoms with Crippen molar-refractivity contribution in [1.82, 2.24) is 0 Å². The number of hydrogen-bond donors (Lipinski definition) is 3. The van der Waals surface area contributed by atoms with Crippen LogP contribution in [0.5, 0.6) is 0 Å². The maximum absolute atomic E-state index is 13.1. The number of phosphoric ester groups is 2. The second kappa shape index (κ2) is 74.5. The standard InChI is InChI=1S/C83H162O17P2/c1-7-10-12-14-16-18-20-21-22-23-24-25-26-27-28-29-34-38-42-49-55-61-67-82(87)99-78(71-94-81(86)66-60-54-48-41-37-33-31-30-32-36-39-45-51-57-63-75(4)5)73-97-101(89,90)95-69-77(84)70-96-102(91,92)98-74-79(72-93-80(85)65-59-53-47-40-35-19-17-15-13-11-8-2)100-83(88)68-62-56-50-44-43-46-52-58-64-76(6)9-3/h75-79,84H,7-74H2,1-6H3,(H,89,90)(H,91,92)/t76?,77-,78-,79-/m1/s1. The number of esters is 4. The van der Waals surface area contributed by atoms with E-state index in [1.54, 1.807) is 0 Å². The summed E-state index contributed by atoms with van der Waals surface area (Å²) in [7, 11) is -9.92. The van der Waals surface area contributed by atoms with Crippen molar-refractivity contribution in [2.45, 2.75) is 458 Å². The Hall–Kier alpha value is -1.94. The van der Waals surface area contributed by atoms with Gasteiger partial charge in [-0.3, -0.25) is 37.3 Å². The number of hydrogen-bond acceptors (Lipinski definition) is 15. The Kier molecular flexibility index (Phi) is 73.1. The Bertz CT molecular complexity index is 1960. The van der Waals surface area contributed by atoms with Gasteiger partial charge in [-0.1, -0.05) is 388 Å². The SMILES string of the molecule is CCCCCCCCCCCCCCCCCCCCCCCCC(=O)O[C@H](COC(=O)CCCCCCCCCCCCCCCCC(C)C)COP(=O)(O)OC[C@@H](O)COP(=O)(O)OC[C@@H](COC(=O)CCCCCCCCCCCCC)OC(=O)CCCCCCCCCCC(C)CC. The summed E-state index contributed by atoms with van der Waals surface area (Å²) in [5, 5.41) is 10.6. The molecule has 0 heterocycles. The molecule has 0 rings (SSSR count). The lowest BCUT2D eigenvalue weighted by atomic mass is 9.99. The molecule has 17 nitrogen and oxygen atoms in total. The highest BCUT2D eigenvalue weighted by Gasteiger charge is 2.30. The predicted molar refractivity (Wildman–Crippen MR) is 418 cm³/mol. The highest BCUT2D eigenvalue weighted by Crippen LogP contribution is 2.45. The zero-order valence-electron chi connectivity index (χ0n) is 66.9. The molecule has 0 amide bonds. The van der Waals surface area contributed by atoms with Crippen LogP contribution in [0, 0.1) is 11.8 Å². The second-order valence-corrected chi connectivity index (χ2v) is 33.5. The van der Waals surface area contributed by atoms with Crippen molar-refractivity contribution in [3.8, 4) is 0 Å². The van der Waals surface area contributed by atoms with Crippen LogP contribution in [0.25, 0.3) is 0 Å². The summed E-state index contributed by atoms with van der Waals surface area (Å²) in [6.07, 6.45) is 65.3. The first-order valence-electron chi connectivity index (χ1n) is 43.0. The van der Waals surface area contributed by atoms with Crippen LogP contribution in [0.3, 0.4) is 0 Å². The van der Waals surface area contributed by atoms with E-state index in [-0.39, 0.29) is 25.7 Å². The van der Waals surface area contributed by atoms with Gasteiger partial charge in [0, 0.05) is 25.7 Å². The van der Waals surface area contributed by atoms with Crippen LogP contribution >= 0.6 is 15.6 Å². The molecule has 6 atom stereocenters. The fourth-order valence-electron chi connectivity index (χ4n) is 12.9. The van der Waals surface area contributed by atoms with Crippen molar-refractivity contribution in [3.05, 3.63) is 0 Å².